The molecule has 0 bridgehead atoms. The summed E-state index contributed by atoms with van der Waals surface area (Å²) < 4.78 is 25.7. The minimum atomic E-state index is 0.118. The van der Waals surface area contributed by atoms with Crippen LogP contribution in [0.25, 0.3) is 32.9 Å². The van der Waals surface area contributed by atoms with E-state index >= 15 is 0 Å². The topological polar surface area (TPSA) is 92.6 Å². The Morgan fingerprint density at radius 1 is 0.775 bits per heavy atom. The Bertz CT molecular complexity index is 1610. The van der Waals surface area contributed by atoms with Crippen LogP contribution in [0.15, 0.2) is 73.3 Å². The van der Waals surface area contributed by atoms with Crippen molar-refractivity contribution in [3.63, 3.8) is 0 Å². The van der Waals surface area contributed by atoms with Gasteiger partial charge in [0.2, 0.25) is 11.8 Å². The first kappa shape index (κ1) is 24.8. The van der Waals surface area contributed by atoms with Crippen molar-refractivity contribution in [1.29, 1.82) is 0 Å². The van der Waals surface area contributed by atoms with Crippen LogP contribution in [0, 0.1) is 0 Å². The number of nitrogens with one attached hydrogen (secondary N) is 1. The number of aromatic nitrogens is 4. The Hall–Kier alpha value is -4.21. The number of ether oxygens (including phenoxy) is 4. The van der Waals surface area contributed by atoms with Gasteiger partial charge in [-0.15, -0.1) is 0 Å². The summed E-state index contributed by atoms with van der Waals surface area (Å²) >= 11 is 0. The highest BCUT2D eigenvalue weighted by molar-refractivity contribution is 6.08. The minimum Gasteiger partial charge on any atom is -0.490 e. The Kier molecular flexibility index (Phi) is 6.67. The molecule has 0 unspecified atom stereocenters. The third kappa shape index (κ3) is 5.05. The number of nitrogens with zero attached hydrogens (tertiary/aromatic N) is 4. The largest absolute Gasteiger partial charge is 0.490 e. The van der Waals surface area contributed by atoms with E-state index in [-0.39, 0.29) is 18.3 Å². The average molecular weight is 538 g/mol. The van der Waals surface area contributed by atoms with E-state index in [1.165, 1.54) is 21.8 Å². The molecule has 9 heteroatoms. The second kappa shape index (κ2) is 10.7. The molecule has 7 rings (SSSR count). The van der Waals surface area contributed by atoms with Gasteiger partial charge in [-0.1, -0.05) is 12.1 Å². The normalized spacial score (nSPS) is 18.8. The lowest BCUT2D eigenvalue weighted by Crippen LogP contribution is -2.50. The van der Waals surface area contributed by atoms with Gasteiger partial charge in [0, 0.05) is 85.6 Å². The first-order chi connectivity index (χ1) is 19.7. The summed E-state index contributed by atoms with van der Waals surface area (Å²) in [6, 6.07) is 16.3. The van der Waals surface area contributed by atoms with E-state index in [0.717, 1.165) is 37.1 Å². The number of rotatable bonds is 10. The van der Waals surface area contributed by atoms with Crippen molar-refractivity contribution >= 4 is 21.8 Å². The highest BCUT2D eigenvalue weighted by atomic mass is 16.5. The van der Waals surface area contributed by atoms with E-state index in [9.17, 15) is 0 Å². The highest BCUT2D eigenvalue weighted by Crippen LogP contribution is 2.32. The van der Waals surface area contributed by atoms with Gasteiger partial charge < -0.3 is 28.8 Å². The van der Waals surface area contributed by atoms with Gasteiger partial charge in [-0.05, 0) is 29.8 Å². The zero-order valence-electron chi connectivity index (χ0n) is 22.3. The molecule has 1 N–H and O–H groups in total. The van der Waals surface area contributed by atoms with E-state index in [0.29, 0.717) is 30.7 Å². The van der Waals surface area contributed by atoms with E-state index in [2.05, 4.69) is 62.2 Å². The molecular weight excluding hydrogens is 506 g/mol. The van der Waals surface area contributed by atoms with E-state index in [1.807, 2.05) is 36.8 Å². The van der Waals surface area contributed by atoms with Gasteiger partial charge in [-0.3, -0.25) is 4.98 Å². The molecule has 1 aliphatic heterocycles. The number of hydrogen-bond donors (Lipinski definition) is 1. The van der Waals surface area contributed by atoms with Crippen LogP contribution in [0.4, 0.5) is 0 Å². The van der Waals surface area contributed by atoms with E-state index < -0.39 is 0 Å². The summed E-state index contributed by atoms with van der Waals surface area (Å²) in [4.78, 5) is 13.2. The lowest BCUT2D eigenvalue weighted by Gasteiger charge is -2.34. The Labute approximate surface area is 232 Å². The van der Waals surface area contributed by atoms with Crippen LogP contribution in [-0.4, -0.2) is 64.1 Å². The molecule has 204 valence electrons. The van der Waals surface area contributed by atoms with Crippen molar-refractivity contribution in [2.24, 2.45) is 7.05 Å². The maximum absolute atomic E-state index is 6.07. The monoisotopic (exact) mass is 537 g/mol. The molecule has 0 amide bonds. The minimum absolute atomic E-state index is 0.118. The van der Waals surface area contributed by atoms with Gasteiger partial charge in [0.25, 0.3) is 0 Å². The van der Waals surface area contributed by atoms with Crippen molar-refractivity contribution in [3.05, 3.63) is 73.3 Å². The molecule has 40 heavy (non-hydrogen) atoms. The van der Waals surface area contributed by atoms with Crippen molar-refractivity contribution < 1.29 is 18.9 Å². The van der Waals surface area contributed by atoms with Gasteiger partial charge in [0.05, 0.1) is 24.4 Å². The van der Waals surface area contributed by atoms with Crippen molar-refractivity contribution in [2.45, 2.75) is 31.2 Å². The molecular formula is C31H31N5O4. The van der Waals surface area contributed by atoms with Crippen LogP contribution in [-0.2, 0) is 11.8 Å². The first-order valence-corrected chi connectivity index (χ1v) is 13.7. The number of benzene rings is 1. The van der Waals surface area contributed by atoms with Gasteiger partial charge in [-0.25, -0.2) is 9.97 Å². The molecule has 0 spiro atoms. The summed E-state index contributed by atoms with van der Waals surface area (Å²) in [7, 11) is 2.09. The third-order valence-corrected chi connectivity index (χ3v) is 7.66. The Morgan fingerprint density at radius 3 is 2.33 bits per heavy atom. The Morgan fingerprint density at radius 2 is 1.57 bits per heavy atom. The van der Waals surface area contributed by atoms with E-state index in [1.54, 1.807) is 6.20 Å². The number of pyridine rings is 3. The Balaban J connectivity index is 0.859. The van der Waals surface area contributed by atoms with Crippen molar-refractivity contribution in [2.75, 3.05) is 26.3 Å². The van der Waals surface area contributed by atoms with Crippen LogP contribution in [0.3, 0.4) is 0 Å². The fraction of sp³-hybridized carbons (Fsp3) is 0.323. The zero-order chi connectivity index (χ0) is 26.9. The van der Waals surface area contributed by atoms with Crippen LogP contribution in [0.5, 0.6) is 17.5 Å². The molecule has 0 radical (unpaired) electrons. The maximum atomic E-state index is 6.07. The fourth-order valence-electron chi connectivity index (χ4n) is 5.19. The predicted molar refractivity (Wildman–Crippen MR) is 152 cm³/mol. The molecule has 5 aromatic rings. The lowest BCUT2D eigenvalue weighted by molar-refractivity contribution is -0.0680. The average Bonchev–Trinajstić information content (AvgIpc) is 3.24. The summed E-state index contributed by atoms with van der Waals surface area (Å²) in [6.07, 6.45) is 9.53. The van der Waals surface area contributed by atoms with Gasteiger partial charge in [0.15, 0.2) is 0 Å². The summed E-state index contributed by atoms with van der Waals surface area (Å²) in [5.41, 5.74) is 4.53. The number of fused-ring (bicyclic) bond motifs is 3. The summed E-state index contributed by atoms with van der Waals surface area (Å²) in [5, 5.41) is 5.54. The highest BCUT2D eigenvalue weighted by Gasteiger charge is 2.32. The smallest absolute Gasteiger partial charge is 0.213 e. The van der Waals surface area contributed by atoms with Gasteiger partial charge in [0.1, 0.15) is 24.6 Å². The molecule has 2 fully saturated rings. The molecule has 0 atom stereocenters. The number of hydrogen-bond acceptors (Lipinski definition) is 8. The summed E-state index contributed by atoms with van der Waals surface area (Å²) in [5.74, 6) is 1.97. The van der Waals surface area contributed by atoms with Crippen LogP contribution < -0.4 is 19.5 Å². The molecule has 2 aliphatic rings. The van der Waals surface area contributed by atoms with Crippen LogP contribution in [0.1, 0.15) is 12.8 Å². The second-order valence-corrected chi connectivity index (χ2v) is 10.4. The number of aryl methyl sites for hydroxylation is 1. The van der Waals surface area contributed by atoms with Crippen molar-refractivity contribution in [3.8, 4) is 28.6 Å². The molecule has 1 saturated heterocycles. The lowest BCUT2D eigenvalue weighted by atomic mass is 9.92. The van der Waals surface area contributed by atoms with Gasteiger partial charge in [-0.2, -0.15) is 0 Å². The molecule has 9 nitrogen and oxygen atoms in total. The SMILES string of the molecule is Cn1c2ccncc2c2ccc(-c3ccc(OC4CC(OCCOc5ccc(OC6CNC6)nc5)C4)nc3)cc21. The first-order valence-electron chi connectivity index (χ1n) is 13.7. The molecule has 1 aromatic carbocycles. The fourth-order valence-corrected chi connectivity index (χ4v) is 5.19. The van der Waals surface area contributed by atoms with Crippen LogP contribution in [0.2, 0.25) is 0 Å². The quantitative estimate of drug-likeness (QED) is 0.260. The zero-order valence-corrected chi connectivity index (χ0v) is 22.3. The second-order valence-electron chi connectivity index (χ2n) is 10.4. The molecule has 1 aliphatic carbocycles. The summed E-state index contributed by atoms with van der Waals surface area (Å²) in [6.45, 7) is 2.74. The van der Waals surface area contributed by atoms with Crippen LogP contribution >= 0.6 is 0 Å². The molecule has 5 heterocycles. The predicted octanol–water partition coefficient (Wildman–Crippen LogP) is 4.54. The standard InChI is InChI=1S/C31H31N5O4/c1-36-28-8-9-32-19-27(28)26-5-2-20(12-29(26)36)21-3-6-30(34-15-21)39-24-13-23(14-24)38-11-10-37-22-4-7-31(35-18-22)40-25-16-33-17-25/h2-9,12,15,18-19,23-25,33H,10-11,13-14,16-17H2,1H3. The molecule has 1 saturated carbocycles. The third-order valence-electron chi connectivity index (χ3n) is 7.66. The maximum Gasteiger partial charge on any atom is 0.213 e. The van der Waals surface area contributed by atoms with E-state index in [4.69, 9.17) is 18.9 Å². The van der Waals surface area contributed by atoms with Gasteiger partial charge >= 0.3 is 0 Å². The molecule has 4 aromatic heterocycles. The van der Waals surface area contributed by atoms with Crippen molar-refractivity contribution in [1.82, 2.24) is 24.8 Å².